The summed E-state index contributed by atoms with van der Waals surface area (Å²) in [5.74, 6) is 0.752. The van der Waals surface area contributed by atoms with Gasteiger partial charge in [0.1, 0.15) is 5.78 Å². The van der Waals surface area contributed by atoms with E-state index < -0.39 is 0 Å². The van der Waals surface area contributed by atoms with Gasteiger partial charge in [0.2, 0.25) is 5.91 Å². The summed E-state index contributed by atoms with van der Waals surface area (Å²) in [6.07, 6.45) is 7.54. The van der Waals surface area contributed by atoms with E-state index in [-0.39, 0.29) is 18.1 Å². The molecule has 0 radical (unpaired) electrons. The molecule has 2 rings (SSSR count). The van der Waals surface area contributed by atoms with Gasteiger partial charge >= 0.3 is 0 Å². The fraction of sp³-hybridized carbons (Fsp3) is 0.846. The van der Waals surface area contributed by atoms with E-state index in [4.69, 9.17) is 0 Å². The second-order valence-electron chi connectivity index (χ2n) is 5.22. The Labute approximate surface area is 97.2 Å². The summed E-state index contributed by atoms with van der Waals surface area (Å²) in [5.41, 5.74) is 0. The second kappa shape index (κ2) is 4.98. The van der Waals surface area contributed by atoms with Gasteiger partial charge in [-0.2, -0.15) is 0 Å². The van der Waals surface area contributed by atoms with E-state index in [0.29, 0.717) is 12.0 Å². The van der Waals surface area contributed by atoms with Crippen molar-refractivity contribution < 1.29 is 9.59 Å². The van der Waals surface area contributed by atoms with Gasteiger partial charge in [0.05, 0.1) is 6.42 Å². The normalized spacial score (nSPS) is 26.3. The summed E-state index contributed by atoms with van der Waals surface area (Å²) in [6.45, 7) is 2.37. The second-order valence-corrected chi connectivity index (χ2v) is 5.22. The summed E-state index contributed by atoms with van der Waals surface area (Å²) >= 11 is 0. The number of Topliss-reactive ketones (excluding diaryl/α,β-unsaturated/α-hetero) is 1. The third kappa shape index (κ3) is 2.45. The van der Waals surface area contributed by atoms with Crippen LogP contribution in [0, 0.1) is 5.92 Å². The van der Waals surface area contributed by atoms with Gasteiger partial charge in [-0.25, -0.2) is 0 Å². The van der Waals surface area contributed by atoms with Crippen LogP contribution >= 0.6 is 0 Å². The first-order chi connectivity index (χ1) is 7.68. The number of carbonyl (C=O) groups excluding carboxylic acids is 2. The Hall–Kier alpha value is -0.860. The molecule has 2 aliphatic rings. The number of hydrogen-bond acceptors (Lipinski definition) is 2. The molecule has 1 saturated carbocycles. The zero-order chi connectivity index (χ0) is 11.5. The minimum Gasteiger partial charge on any atom is -0.339 e. The van der Waals surface area contributed by atoms with Crippen molar-refractivity contribution >= 4 is 11.7 Å². The maximum absolute atomic E-state index is 11.9. The van der Waals surface area contributed by atoms with Crippen LogP contribution in [0.1, 0.15) is 51.9 Å². The molecule has 1 unspecified atom stereocenters. The highest BCUT2D eigenvalue weighted by atomic mass is 16.2. The van der Waals surface area contributed by atoms with Crippen LogP contribution in [-0.4, -0.2) is 29.2 Å². The molecule has 1 amide bonds. The van der Waals surface area contributed by atoms with Crippen molar-refractivity contribution in [1.29, 1.82) is 0 Å². The summed E-state index contributed by atoms with van der Waals surface area (Å²) in [4.78, 5) is 24.9. The summed E-state index contributed by atoms with van der Waals surface area (Å²) in [6, 6.07) is 0.439. The van der Waals surface area contributed by atoms with Crippen LogP contribution in [0.25, 0.3) is 0 Å². The lowest BCUT2D eigenvalue weighted by atomic mass is 9.96. The fourth-order valence-electron chi connectivity index (χ4n) is 3.25. The first kappa shape index (κ1) is 11.6. The SMILES string of the molecule is CC(=O)CC(=O)N1CCCC1C1CCCC1. The average Bonchev–Trinajstić information content (AvgIpc) is 2.87. The van der Waals surface area contributed by atoms with Gasteiger partial charge in [-0.1, -0.05) is 12.8 Å². The molecule has 1 aliphatic carbocycles. The predicted octanol–water partition coefficient (Wildman–Crippen LogP) is 2.15. The predicted molar refractivity (Wildman–Crippen MR) is 62.0 cm³/mol. The van der Waals surface area contributed by atoms with Crippen LogP contribution in [-0.2, 0) is 9.59 Å². The van der Waals surface area contributed by atoms with Crippen LogP contribution in [0.2, 0.25) is 0 Å². The molecule has 0 aromatic carbocycles. The number of amides is 1. The van der Waals surface area contributed by atoms with Crippen molar-refractivity contribution in [3.63, 3.8) is 0 Å². The molecule has 1 heterocycles. The van der Waals surface area contributed by atoms with E-state index in [9.17, 15) is 9.59 Å². The highest BCUT2D eigenvalue weighted by Crippen LogP contribution is 2.35. The smallest absolute Gasteiger partial charge is 0.230 e. The van der Waals surface area contributed by atoms with E-state index in [2.05, 4.69) is 0 Å². The van der Waals surface area contributed by atoms with Crippen LogP contribution in [0.5, 0.6) is 0 Å². The lowest BCUT2D eigenvalue weighted by Gasteiger charge is -2.29. The first-order valence-corrected chi connectivity index (χ1v) is 6.47. The number of likely N-dealkylation sites (tertiary alicyclic amines) is 1. The third-order valence-electron chi connectivity index (χ3n) is 3.96. The number of ketones is 1. The van der Waals surface area contributed by atoms with E-state index >= 15 is 0 Å². The minimum absolute atomic E-state index is 0.0120. The van der Waals surface area contributed by atoms with E-state index in [1.165, 1.54) is 32.6 Å². The quantitative estimate of drug-likeness (QED) is 0.687. The first-order valence-electron chi connectivity index (χ1n) is 6.47. The number of carbonyl (C=O) groups is 2. The van der Waals surface area contributed by atoms with Crippen LogP contribution < -0.4 is 0 Å². The minimum atomic E-state index is -0.0120. The Morgan fingerprint density at radius 3 is 2.44 bits per heavy atom. The van der Waals surface area contributed by atoms with Crippen molar-refractivity contribution in [3.8, 4) is 0 Å². The topological polar surface area (TPSA) is 37.4 Å². The standard InChI is InChI=1S/C13H21NO2/c1-10(15)9-13(16)14-8-4-7-12(14)11-5-2-3-6-11/h11-12H,2-9H2,1H3. The molecule has 0 spiro atoms. The van der Waals surface area contributed by atoms with Gasteiger partial charge < -0.3 is 4.90 Å². The molecule has 3 heteroatoms. The largest absolute Gasteiger partial charge is 0.339 e. The van der Waals surface area contributed by atoms with Gasteiger partial charge in [0, 0.05) is 12.6 Å². The Balaban J connectivity index is 1.96. The molecule has 1 aliphatic heterocycles. The summed E-state index contributed by atoms with van der Waals surface area (Å²) < 4.78 is 0. The van der Waals surface area contributed by atoms with Gasteiger partial charge in [0.25, 0.3) is 0 Å². The third-order valence-corrected chi connectivity index (χ3v) is 3.96. The zero-order valence-corrected chi connectivity index (χ0v) is 10.1. The maximum atomic E-state index is 11.9. The Kier molecular flexibility index (Phi) is 3.62. The molecule has 3 nitrogen and oxygen atoms in total. The van der Waals surface area contributed by atoms with E-state index in [0.717, 1.165) is 19.4 Å². The molecule has 1 saturated heterocycles. The highest BCUT2D eigenvalue weighted by Gasteiger charge is 2.35. The molecule has 1 atom stereocenters. The number of nitrogens with zero attached hydrogens (tertiary/aromatic N) is 1. The molecule has 90 valence electrons. The van der Waals surface area contributed by atoms with E-state index in [1.807, 2.05) is 4.90 Å². The molecule has 0 bridgehead atoms. The van der Waals surface area contributed by atoms with Gasteiger partial charge in [-0.15, -0.1) is 0 Å². The zero-order valence-electron chi connectivity index (χ0n) is 10.1. The van der Waals surface area contributed by atoms with Crippen molar-refractivity contribution in [2.45, 2.75) is 57.9 Å². The Morgan fingerprint density at radius 2 is 1.81 bits per heavy atom. The molecule has 16 heavy (non-hydrogen) atoms. The average molecular weight is 223 g/mol. The molecule has 0 aromatic heterocycles. The molecule has 2 fully saturated rings. The molecular formula is C13H21NO2. The lowest BCUT2D eigenvalue weighted by Crippen LogP contribution is -2.40. The Morgan fingerprint density at radius 1 is 1.12 bits per heavy atom. The van der Waals surface area contributed by atoms with Gasteiger partial charge in [-0.3, -0.25) is 9.59 Å². The van der Waals surface area contributed by atoms with Crippen molar-refractivity contribution in [2.24, 2.45) is 5.92 Å². The summed E-state index contributed by atoms with van der Waals surface area (Å²) in [5, 5.41) is 0. The van der Waals surface area contributed by atoms with Gasteiger partial charge in [-0.05, 0) is 38.5 Å². The number of hydrogen-bond donors (Lipinski definition) is 0. The van der Waals surface area contributed by atoms with Crippen LogP contribution in [0.15, 0.2) is 0 Å². The lowest BCUT2D eigenvalue weighted by molar-refractivity contribution is -0.136. The van der Waals surface area contributed by atoms with Crippen LogP contribution in [0.4, 0.5) is 0 Å². The Bertz CT molecular complexity index is 282. The van der Waals surface area contributed by atoms with Crippen molar-refractivity contribution in [1.82, 2.24) is 4.90 Å². The summed E-state index contributed by atoms with van der Waals surface area (Å²) in [7, 11) is 0. The highest BCUT2D eigenvalue weighted by molar-refractivity contribution is 5.97. The van der Waals surface area contributed by atoms with Crippen LogP contribution in [0.3, 0.4) is 0 Å². The molecule has 0 N–H and O–H groups in total. The fourth-order valence-corrected chi connectivity index (χ4v) is 3.25. The number of rotatable bonds is 3. The monoisotopic (exact) mass is 223 g/mol. The molecule has 0 aromatic rings. The van der Waals surface area contributed by atoms with Crippen molar-refractivity contribution in [2.75, 3.05) is 6.54 Å². The maximum Gasteiger partial charge on any atom is 0.230 e. The van der Waals surface area contributed by atoms with Gasteiger partial charge in [0.15, 0.2) is 0 Å². The molecular weight excluding hydrogens is 202 g/mol. The van der Waals surface area contributed by atoms with Crippen molar-refractivity contribution in [3.05, 3.63) is 0 Å². The van der Waals surface area contributed by atoms with E-state index in [1.54, 1.807) is 0 Å².